The molecule has 1 saturated heterocycles. The first-order valence-corrected chi connectivity index (χ1v) is 7.57. The minimum atomic E-state index is 0.789. The molecule has 0 N–H and O–H groups in total. The molecule has 0 aliphatic carbocycles. The van der Waals surface area contributed by atoms with Crippen molar-refractivity contribution in [2.24, 2.45) is 5.92 Å². The fourth-order valence-electron chi connectivity index (χ4n) is 2.95. The van der Waals surface area contributed by atoms with E-state index >= 15 is 0 Å². The van der Waals surface area contributed by atoms with Crippen LogP contribution < -0.4 is 0 Å². The summed E-state index contributed by atoms with van der Waals surface area (Å²) in [6.45, 7) is 5.75. The Hall–Kier alpha value is -1.62. The highest BCUT2D eigenvalue weighted by Gasteiger charge is 2.19. The van der Waals surface area contributed by atoms with Gasteiger partial charge in [0.2, 0.25) is 0 Å². The van der Waals surface area contributed by atoms with Crippen molar-refractivity contribution in [2.75, 3.05) is 19.6 Å². The highest BCUT2D eigenvalue weighted by molar-refractivity contribution is 4.80. The molecule has 108 valence electrons. The quantitative estimate of drug-likeness (QED) is 0.806. The highest BCUT2D eigenvalue weighted by Crippen LogP contribution is 2.18. The van der Waals surface area contributed by atoms with E-state index in [0.717, 1.165) is 19.0 Å². The Balaban J connectivity index is 1.34. The van der Waals surface area contributed by atoms with Gasteiger partial charge >= 0.3 is 0 Å². The van der Waals surface area contributed by atoms with Crippen molar-refractivity contribution < 1.29 is 0 Å². The van der Waals surface area contributed by atoms with Gasteiger partial charge < -0.3 is 4.90 Å². The van der Waals surface area contributed by atoms with Crippen LogP contribution in [0.2, 0.25) is 0 Å². The number of likely N-dealkylation sites (tertiary alicyclic amines) is 1. The van der Waals surface area contributed by atoms with E-state index in [-0.39, 0.29) is 0 Å². The average Bonchev–Trinajstić information content (AvgIpc) is 3.14. The molecule has 0 atom stereocenters. The van der Waals surface area contributed by atoms with Crippen molar-refractivity contribution >= 4 is 0 Å². The first kappa shape index (κ1) is 13.4. The summed E-state index contributed by atoms with van der Waals surface area (Å²) in [5, 5.41) is 8.54. The van der Waals surface area contributed by atoms with Crippen LogP contribution in [0.4, 0.5) is 0 Å². The monoisotopic (exact) mass is 273 g/mol. The van der Waals surface area contributed by atoms with Gasteiger partial charge in [-0.15, -0.1) is 0 Å². The van der Waals surface area contributed by atoms with Crippen molar-refractivity contribution in [2.45, 2.75) is 32.4 Å². The number of hydrogen-bond donors (Lipinski definition) is 0. The molecule has 0 bridgehead atoms. The zero-order valence-corrected chi connectivity index (χ0v) is 11.9. The lowest BCUT2D eigenvalue weighted by Gasteiger charge is -2.31. The number of aryl methyl sites for hydroxylation is 1. The average molecular weight is 273 g/mol. The van der Waals surface area contributed by atoms with Gasteiger partial charge in [-0.2, -0.15) is 10.2 Å². The molecular formula is C15H23N5. The van der Waals surface area contributed by atoms with Crippen molar-refractivity contribution in [1.29, 1.82) is 0 Å². The van der Waals surface area contributed by atoms with Crippen molar-refractivity contribution in [1.82, 2.24) is 24.5 Å². The van der Waals surface area contributed by atoms with E-state index in [1.54, 1.807) is 0 Å². The molecule has 5 heteroatoms. The molecule has 1 aliphatic rings. The maximum atomic E-state index is 4.30. The van der Waals surface area contributed by atoms with Crippen molar-refractivity contribution in [3.05, 3.63) is 36.9 Å². The molecule has 0 radical (unpaired) electrons. The van der Waals surface area contributed by atoms with Crippen LogP contribution in [0, 0.1) is 5.92 Å². The van der Waals surface area contributed by atoms with E-state index in [4.69, 9.17) is 0 Å². The Morgan fingerprint density at radius 1 is 0.900 bits per heavy atom. The van der Waals surface area contributed by atoms with Gasteiger partial charge in [-0.05, 0) is 56.9 Å². The third kappa shape index (κ3) is 3.70. The summed E-state index contributed by atoms with van der Waals surface area (Å²) < 4.78 is 4.09. The normalized spacial score (nSPS) is 17.6. The Labute approximate surface area is 120 Å². The fourth-order valence-corrected chi connectivity index (χ4v) is 2.95. The molecule has 1 aliphatic heterocycles. The standard InChI is InChI=1S/C15H23N5/c1-6-16-19(9-1)11-3-8-18-12-4-15(5-13-18)14-20-10-2-7-17-20/h1-2,6-7,9-10,15H,3-5,8,11-14H2. The third-order valence-corrected chi connectivity index (χ3v) is 4.13. The van der Waals surface area contributed by atoms with Crippen LogP contribution in [0.25, 0.3) is 0 Å². The Morgan fingerprint density at radius 2 is 1.60 bits per heavy atom. The van der Waals surface area contributed by atoms with Crippen LogP contribution in [-0.4, -0.2) is 44.1 Å². The SMILES string of the molecule is c1cnn(CCCN2CCC(Cn3cccn3)CC2)c1. The van der Waals surface area contributed by atoms with Crippen LogP contribution >= 0.6 is 0 Å². The molecule has 20 heavy (non-hydrogen) atoms. The summed E-state index contributed by atoms with van der Waals surface area (Å²) in [7, 11) is 0. The predicted molar refractivity (Wildman–Crippen MR) is 78.2 cm³/mol. The summed E-state index contributed by atoms with van der Waals surface area (Å²) in [6.07, 6.45) is 11.6. The zero-order chi connectivity index (χ0) is 13.6. The second-order valence-electron chi connectivity index (χ2n) is 5.64. The Morgan fingerprint density at radius 3 is 2.25 bits per heavy atom. The second kappa shape index (κ2) is 6.70. The number of nitrogens with zero attached hydrogens (tertiary/aromatic N) is 5. The van der Waals surface area contributed by atoms with E-state index in [9.17, 15) is 0 Å². The number of piperidine rings is 1. The Kier molecular flexibility index (Phi) is 4.48. The van der Waals surface area contributed by atoms with Gasteiger partial charge in [0.05, 0.1) is 0 Å². The van der Waals surface area contributed by atoms with Crippen molar-refractivity contribution in [3.63, 3.8) is 0 Å². The molecule has 2 aromatic rings. The lowest BCUT2D eigenvalue weighted by Crippen LogP contribution is -2.36. The van der Waals surface area contributed by atoms with E-state index < -0.39 is 0 Å². The van der Waals surface area contributed by atoms with Gasteiger partial charge in [0.25, 0.3) is 0 Å². The van der Waals surface area contributed by atoms with E-state index in [1.807, 2.05) is 35.4 Å². The summed E-state index contributed by atoms with van der Waals surface area (Å²) in [5.74, 6) is 0.789. The molecule has 5 nitrogen and oxygen atoms in total. The van der Waals surface area contributed by atoms with E-state index in [2.05, 4.69) is 26.0 Å². The second-order valence-corrected chi connectivity index (χ2v) is 5.64. The summed E-state index contributed by atoms with van der Waals surface area (Å²) in [5.41, 5.74) is 0. The summed E-state index contributed by atoms with van der Waals surface area (Å²) in [6, 6.07) is 3.99. The molecule has 1 fully saturated rings. The summed E-state index contributed by atoms with van der Waals surface area (Å²) >= 11 is 0. The van der Waals surface area contributed by atoms with Gasteiger partial charge in [-0.25, -0.2) is 0 Å². The van der Waals surface area contributed by atoms with Crippen LogP contribution in [0.5, 0.6) is 0 Å². The molecule has 0 amide bonds. The molecule has 0 saturated carbocycles. The van der Waals surface area contributed by atoms with Gasteiger partial charge in [-0.1, -0.05) is 0 Å². The Bertz CT molecular complexity index is 468. The first-order valence-electron chi connectivity index (χ1n) is 7.57. The smallest absolute Gasteiger partial charge is 0.0489 e. The molecule has 0 unspecified atom stereocenters. The van der Waals surface area contributed by atoms with Gasteiger partial charge in [0.1, 0.15) is 0 Å². The number of aromatic nitrogens is 4. The van der Waals surface area contributed by atoms with Gasteiger partial charge in [0.15, 0.2) is 0 Å². The van der Waals surface area contributed by atoms with E-state index in [1.165, 1.54) is 38.9 Å². The van der Waals surface area contributed by atoms with E-state index in [0.29, 0.717) is 0 Å². The first-order chi connectivity index (χ1) is 9.90. The maximum absolute atomic E-state index is 4.30. The largest absolute Gasteiger partial charge is 0.303 e. The lowest BCUT2D eigenvalue weighted by molar-refractivity contribution is 0.167. The molecule has 3 heterocycles. The third-order valence-electron chi connectivity index (χ3n) is 4.13. The minimum Gasteiger partial charge on any atom is -0.303 e. The van der Waals surface area contributed by atoms with Gasteiger partial charge in [0, 0.05) is 37.9 Å². The van der Waals surface area contributed by atoms with Crippen LogP contribution in [0.3, 0.4) is 0 Å². The summed E-state index contributed by atoms with van der Waals surface area (Å²) in [4.78, 5) is 2.59. The molecule has 2 aromatic heterocycles. The van der Waals surface area contributed by atoms with Crippen LogP contribution in [0.15, 0.2) is 36.9 Å². The highest BCUT2D eigenvalue weighted by atomic mass is 15.3. The topological polar surface area (TPSA) is 38.9 Å². The zero-order valence-electron chi connectivity index (χ0n) is 11.9. The van der Waals surface area contributed by atoms with Crippen molar-refractivity contribution in [3.8, 4) is 0 Å². The number of hydrogen-bond acceptors (Lipinski definition) is 3. The molecule has 3 rings (SSSR count). The van der Waals surface area contributed by atoms with Crippen LogP contribution in [-0.2, 0) is 13.1 Å². The minimum absolute atomic E-state index is 0.789. The predicted octanol–water partition coefficient (Wildman–Crippen LogP) is 1.88. The number of rotatable bonds is 6. The lowest BCUT2D eigenvalue weighted by atomic mass is 9.97. The maximum Gasteiger partial charge on any atom is 0.0489 e. The fraction of sp³-hybridized carbons (Fsp3) is 0.600. The molecule has 0 spiro atoms. The molecule has 0 aromatic carbocycles. The van der Waals surface area contributed by atoms with Gasteiger partial charge in [-0.3, -0.25) is 9.36 Å². The molecular weight excluding hydrogens is 250 g/mol. The van der Waals surface area contributed by atoms with Crippen LogP contribution in [0.1, 0.15) is 19.3 Å².